The number of nitrogens with one attached hydrogen (secondary N) is 2. The first kappa shape index (κ1) is 33.7. The number of carbonyl (C=O) groups is 2. The van der Waals surface area contributed by atoms with Crippen molar-refractivity contribution in [2.45, 2.75) is 56.4 Å². The number of likely N-dealkylation sites (tertiary alicyclic amines) is 1. The number of hydrogen-bond acceptors (Lipinski definition) is 6. The monoisotopic (exact) mass is 703 g/mol. The molecule has 5 aliphatic rings. The third-order valence-corrected chi connectivity index (χ3v) is 11.2. The molecule has 49 heavy (non-hydrogen) atoms. The number of imidazole rings is 1. The molecule has 8 rings (SSSR count). The Bertz CT molecular complexity index is 1760. The number of aromatic amines is 1. The number of piperidine rings is 4. The molecular weight excluding hydrogens is 663 g/mol. The first-order valence-electron chi connectivity index (χ1n) is 17.0. The molecule has 15 heteroatoms. The highest BCUT2D eigenvalue weighted by Gasteiger charge is 2.40. The molecule has 1 unspecified atom stereocenters. The van der Waals surface area contributed by atoms with Gasteiger partial charge in [0.15, 0.2) is 0 Å². The smallest absolute Gasteiger partial charge is 0.420 e. The summed E-state index contributed by atoms with van der Waals surface area (Å²) in [5.74, 6) is -0.800. The van der Waals surface area contributed by atoms with E-state index in [4.69, 9.17) is 11.6 Å². The van der Waals surface area contributed by atoms with Crippen molar-refractivity contribution < 1.29 is 27.9 Å². The molecule has 2 aromatic carbocycles. The first-order valence-corrected chi connectivity index (χ1v) is 17.4. The summed E-state index contributed by atoms with van der Waals surface area (Å²) in [5.41, 5.74) is 0.0848. The van der Waals surface area contributed by atoms with Gasteiger partial charge in [-0.1, -0.05) is 23.7 Å². The topological polar surface area (TPSA) is 117 Å². The van der Waals surface area contributed by atoms with Crippen molar-refractivity contribution in [3.8, 4) is 5.75 Å². The Hall–Kier alpha value is -3.75. The van der Waals surface area contributed by atoms with Gasteiger partial charge in [0.05, 0.1) is 21.6 Å². The van der Waals surface area contributed by atoms with Gasteiger partial charge in [0, 0.05) is 64.3 Å². The van der Waals surface area contributed by atoms with E-state index in [9.17, 15) is 32.7 Å². The van der Waals surface area contributed by atoms with E-state index in [1.54, 1.807) is 14.4 Å². The highest BCUT2D eigenvalue weighted by Crippen LogP contribution is 2.40. The van der Waals surface area contributed by atoms with Crippen LogP contribution < -0.4 is 11.0 Å². The fourth-order valence-corrected chi connectivity index (χ4v) is 8.51. The van der Waals surface area contributed by atoms with Crippen molar-refractivity contribution in [1.82, 2.24) is 34.5 Å². The second-order valence-corrected chi connectivity index (χ2v) is 14.2. The zero-order valence-electron chi connectivity index (χ0n) is 27.1. The second-order valence-electron chi connectivity index (χ2n) is 13.8. The molecular formula is C34H41ClF3N7O4. The van der Waals surface area contributed by atoms with Crippen molar-refractivity contribution >= 4 is 34.6 Å². The number of hydrogen-bond donors (Lipinski definition) is 3. The number of para-hydroxylation sites is 2. The summed E-state index contributed by atoms with van der Waals surface area (Å²) >= 11 is 6.01. The maximum absolute atomic E-state index is 14.1. The van der Waals surface area contributed by atoms with Crippen molar-refractivity contribution in [3.63, 3.8) is 0 Å². The van der Waals surface area contributed by atoms with E-state index in [2.05, 4.69) is 20.1 Å². The minimum atomic E-state index is -4.87. The van der Waals surface area contributed by atoms with Crippen LogP contribution >= 0.6 is 11.6 Å². The summed E-state index contributed by atoms with van der Waals surface area (Å²) in [7, 11) is 0. The lowest BCUT2D eigenvalue weighted by Gasteiger charge is -2.51. The van der Waals surface area contributed by atoms with E-state index in [-0.39, 0.29) is 29.6 Å². The highest BCUT2D eigenvalue weighted by atomic mass is 35.5. The highest BCUT2D eigenvalue weighted by molar-refractivity contribution is 6.32. The Morgan fingerprint density at radius 3 is 2.31 bits per heavy atom. The zero-order valence-corrected chi connectivity index (χ0v) is 27.8. The van der Waals surface area contributed by atoms with Gasteiger partial charge >= 0.3 is 17.9 Å². The molecule has 0 spiro atoms. The van der Waals surface area contributed by atoms with E-state index < -0.39 is 34.6 Å². The van der Waals surface area contributed by atoms with Gasteiger partial charge in [-0.2, -0.15) is 13.2 Å². The number of alkyl halides is 3. The molecule has 3 aromatic rings. The van der Waals surface area contributed by atoms with Crippen molar-refractivity contribution in [2.24, 2.45) is 5.92 Å². The van der Waals surface area contributed by atoms with Gasteiger partial charge in [0.1, 0.15) is 11.8 Å². The molecule has 0 radical (unpaired) electrons. The minimum absolute atomic E-state index is 0.0668. The number of aromatic nitrogens is 2. The lowest BCUT2D eigenvalue weighted by Crippen LogP contribution is -2.63. The standard InChI is InChI=1S/C34H41ClF3N7O4/c35-25-18-21(17-24(30(25)46)34(36,37)38)19-27(31(47)43-15-13-42(14-16-43)29-20-41-9-5-22(29)6-10-41)40-32(48)44-11-7-23(8-12-44)45-28-4-2-1-3-26(28)39-33(45)49/h1-4,17-18,22-23,27,29,46H,5-16,19-20H2,(H,39,49)(H,40,48)/t27-,29?/m1/s1. The van der Waals surface area contributed by atoms with Crippen molar-refractivity contribution in [2.75, 3.05) is 58.9 Å². The van der Waals surface area contributed by atoms with E-state index in [1.165, 1.54) is 18.9 Å². The summed E-state index contributed by atoms with van der Waals surface area (Å²) in [4.78, 5) is 51.5. The number of phenolic OH excluding ortho intramolecular Hbond substituents is 1. The normalized spacial score (nSPS) is 24.4. The van der Waals surface area contributed by atoms with Gasteiger partial charge in [-0.05, 0) is 74.5 Å². The Balaban J connectivity index is 1.05. The van der Waals surface area contributed by atoms with Gasteiger partial charge < -0.3 is 30.1 Å². The number of H-pyrrole nitrogens is 1. The molecule has 5 fully saturated rings. The number of aromatic hydroxyl groups is 1. The number of piperazine rings is 1. The summed E-state index contributed by atoms with van der Waals surface area (Å²) in [6.45, 7) is 6.22. The number of amides is 3. The average Bonchev–Trinajstić information content (AvgIpc) is 3.44. The van der Waals surface area contributed by atoms with Crippen molar-refractivity contribution in [3.05, 3.63) is 63.0 Å². The van der Waals surface area contributed by atoms with E-state index in [1.807, 2.05) is 24.3 Å². The summed E-state index contributed by atoms with van der Waals surface area (Å²) < 4.78 is 42.9. The van der Waals surface area contributed by atoms with Gasteiger partial charge in [-0.3, -0.25) is 14.3 Å². The molecule has 2 atom stereocenters. The van der Waals surface area contributed by atoms with Gasteiger partial charge in [0.25, 0.3) is 0 Å². The van der Waals surface area contributed by atoms with Crippen LogP contribution in [0, 0.1) is 5.92 Å². The average molecular weight is 704 g/mol. The number of rotatable bonds is 6. The fraction of sp³-hybridized carbons (Fsp3) is 0.559. The number of halogens is 4. The van der Waals surface area contributed by atoms with Crippen LogP contribution in [0.3, 0.4) is 0 Å². The number of fused-ring (bicyclic) bond motifs is 4. The van der Waals surface area contributed by atoms with E-state index >= 15 is 0 Å². The van der Waals surface area contributed by atoms with Crippen LogP contribution in [-0.4, -0.2) is 117 Å². The van der Waals surface area contributed by atoms with Gasteiger partial charge in [0.2, 0.25) is 5.91 Å². The maximum Gasteiger partial charge on any atom is 0.420 e. The van der Waals surface area contributed by atoms with E-state index in [0.29, 0.717) is 64.1 Å². The van der Waals surface area contributed by atoms with Gasteiger partial charge in [-0.25, -0.2) is 9.59 Å². The quantitative estimate of drug-likeness (QED) is 0.359. The lowest BCUT2D eigenvalue weighted by atomic mass is 9.83. The fourth-order valence-electron chi connectivity index (χ4n) is 8.27. The maximum atomic E-state index is 14.1. The van der Waals surface area contributed by atoms with Crippen LogP contribution in [0.5, 0.6) is 5.75 Å². The third-order valence-electron chi connectivity index (χ3n) is 10.9. The number of urea groups is 1. The molecule has 264 valence electrons. The van der Waals surface area contributed by atoms with Gasteiger partial charge in [-0.15, -0.1) is 0 Å². The Morgan fingerprint density at radius 2 is 1.65 bits per heavy atom. The number of nitrogens with zero attached hydrogens (tertiary/aromatic N) is 5. The van der Waals surface area contributed by atoms with Crippen LogP contribution in [0.1, 0.15) is 42.9 Å². The van der Waals surface area contributed by atoms with Crippen LogP contribution in [0.4, 0.5) is 18.0 Å². The first-order chi connectivity index (χ1) is 23.5. The summed E-state index contributed by atoms with van der Waals surface area (Å²) in [5, 5.41) is 12.4. The van der Waals surface area contributed by atoms with E-state index in [0.717, 1.165) is 36.7 Å². The molecule has 3 amide bonds. The molecule has 3 N–H and O–H groups in total. The van der Waals surface area contributed by atoms with Crippen LogP contribution in [0.2, 0.25) is 5.02 Å². The van der Waals surface area contributed by atoms with Crippen LogP contribution in [-0.2, 0) is 17.4 Å². The molecule has 6 heterocycles. The minimum Gasteiger partial charge on any atom is -0.506 e. The molecule has 5 saturated heterocycles. The second kappa shape index (κ2) is 13.5. The molecule has 1 aromatic heterocycles. The number of benzene rings is 2. The van der Waals surface area contributed by atoms with Crippen LogP contribution in [0.25, 0.3) is 11.0 Å². The predicted octanol–water partition coefficient (Wildman–Crippen LogP) is 3.90. The van der Waals surface area contributed by atoms with Crippen LogP contribution in [0.15, 0.2) is 41.2 Å². The Morgan fingerprint density at radius 1 is 0.959 bits per heavy atom. The summed E-state index contributed by atoms with van der Waals surface area (Å²) in [6, 6.07) is 8.07. The molecule has 0 saturated carbocycles. The summed E-state index contributed by atoms with van der Waals surface area (Å²) in [6.07, 6.45) is -1.72. The Kier molecular flexibility index (Phi) is 9.31. The Labute approximate surface area is 286 Å². The lowest BCUT2D eigenvalue weighted by molar-refractivity contribution is -0.138. The molecule has 0 aliphatic carbocycles. The molecule has 2 bridgehead atoms. The predicted molar refractivity (Wildman–Crippen MR) is 178 cm³/mol. The SMILES string of the molecule is O=C(N[C@H](Cc1cc(Cl)c(O)c(C(F)(F)F)c1)C(=O)N1CCN(C2CN3CCC2CC3)CC1)N1CCC(n2c(=O)[nH]c3ccccc32)CC1. The molecule has 11 nitrogen and oxygen atoms in total. The molecule has 5 aliphatic heterocycles. The third kappa shape index (κ3) is 6.87. The van der Waals surface area contributed by atoms with Crippen molar-refractivity contribution in [1.29, 1.82) is 0 Å². The zero-order chi connectivity index (χ0) is 34.4. The largest absolute Gasteiger partial charge is 0.506 e. The number of carbonyl (C=O) groups excluding carboxylic acids is 2. The number of phenols is 1.